The maximum absolute atomic E-state index is 5.70. The van der Waals surface area contributed by atoms with Gasteiger partial charge in [0.2, 0.25) is 0 Å². The van der Waals surface area contributed by atoms with Crippen LogP contribution in [-0.4, -0.2) is 14.2 Å². The number of ether oxygens (including phenoxy) is 2. The van der Waals surface area contributed by atoms with Crippen LogP contribution >= 0.6 is 0 Å². The van der Waals surface area contributed by atoms with E-state index in [1.54, 1.807) is 14.2 Å². The zero-order valence-corrected chi connectivity index (χ0v) is 18.5. The number of aryl methyl sites for hydroxylation is 1. The number of hydrogen-bond acceptors (Lipinski definition) is 2. The summed E-state index contributed by atoms with van der Waals surface area (Å²) in [6.07, 6.45) is 15.3. The molecule has 0 heterocycles. The van der Waals surface area contributed by atoms with Crippen LogP contribution in [0.2, 0.25) is 0 Å². The molecule has 0 N–H and O–H groups in total. The molecule has 2 nitrogen and oxygen atoms in total. The van der Waals surface area contributed by atoms with Gasteiger partial charge in [-0.25, -0.2) is 0 Å². The SMILES string of the molecule is CCCCCCCc1cc(OC)c(C/C=C(\C)CCC=C(C)C)c(OC)c1. The number of benzene rings is 1. The van der Waals surface area contributed by atoms with Gasteiger partial charge in [-0.2, -0.15) is 0 Å². The maximum Gasteiger partial charge on any atom is 0.126 e. The lowest BCUT2D eigenvalue weighted by Crippen LogP contribution is -1.99. The van der Waals surface area contributed by atoms with Crippen molar-refractivity contribution in [3.63, 3.8) is 0 Å². The minimum absolute atomic E-state index is 0.851. The van der Waals surface area contributed by atoms with Crippen LogP contribution in [0.25, 0.3) is 0 Å². The second-order valence-electron chi connectivity index (χ2n) is 7.72. The highest BCUT2D eigenvalue weighted by atomic mass is 16.5. The third kappa shape index (κ3) is 9.17. The predicted octanol–water partition coefficient (Wildman–Crippen LogP) is 7.45. The van der Waals surface area contributed by atoms with Crippen LogP contribution in [0.3, 0.4) is 0 Å². The van der Waals surface area contributed by atoms with E-state index >= 15 is 0 Å². The summed E-state index contributed by atoms with van der Waals surface area (Å²) < 4.78 is 11.4. The van der Waals surface area contributed by atoms with E-state index in [2.05, 4.69) is 52.0 Å². The van der Waals surface area contributed by atoms with Gasteiger partial charge in [-0.15, -0.1) is 0 Å². The first kappa shape index (κ1) is 23.3. The lowest BCUT2D eigenvalue weighted by atomic mass is 9.99. The summed E-state index contributed by atoms with van der Waals surface area (Å²) in [5, 5.41) is 0. The Kier molecular flexibility index (Phi) is 11.6. The van der Waals surface area contributed by atoms with Crippen molar-refractivity contribution in [2.45, 2.75) is 85.5 Å². The molecule has 0 aliphatic rings. The lowest BCUT2D eigenvalue weighted by molar-refractivity contribution is 0.386. The summed E-state index contributed by atoms with van der Waals surface area (Å²) in [6.45, 7) is 8.77. The topological polar surface area (TPSA) is 18.5 Å². The average Bonchev–Trinajstić information content (AvgIpc) is 2.65. The van der Waals surface area contributed by atoms with E-state index in [0.29, 0.717) is 0 Å². The van der Waals surface area contributed by atoms with Gasteiger partial charge in [-0.1, -0.05) is 55.9 Å². The van der Waals surface area contributed by atoms with E-state index in [9.17, 15) is 0 Å². The third-order valence-electron chi connectivity index (χ3n) is 4.98. The van der Waals surface area contributed by atoms with Crippen LogP contribution in [0.5, 0.6) is 11.5 Å². The summed E-state index contributed by atoms with van der Waals surface area (Å²) >= 11 is 0. The molecule has 0 spiro atoms. The molecule has 0 unspecified atom stereocenters. The second kappa shape index (κ2) is 13.5. The normalized spacial score (nSPS) is 11.4. The Bertz CT molecular complexity index is 582. The minimum atomic E-state index is 0.851. The number of unbranched alkanes of at least 4 members (excludes halogenated alkanes) is 4. The molecular weight excluding hydrogens is 332 g/mol. The molecule has 0 aliphatic carbocycles. The summed E-state index contributed by atoms with van der Waals surface area (Å²) in [5.74, 6) is 1.90. The smallest absolute Gasteiger partial charge is 0.126 e. The zero-order chi connectivity index (χ0) is 20.1. The van der Waals surface area contributed by atoms with Crippen LogP contribution in [0.15, 0.2) is 35.4 Å². The average molecular weight is 373 g/mol. The van der Waals surface area contributed by atoms with Crippen molar-refractivity contribution in [2.24, 2.45) is 0 Å². The molecule has 0 aliphatic heterocycles. The van der Waals surface area contributed by atoms with Gasteiger partial charge in [0.25, 0.3) is 0 Å². The van der Waals surface area contributed by atoms with Crippen LogP contribution in [0.4, 0.5) is 0 Å². The van der Waals surface area contributed by atoms with Crippen molar-refractivity contribution in [2.75, 3.05) is 14.2 Å². The van der Waals surface area contributed by atoms with Crippen molar-refractivity contribution in [3.05, 3.63) is 46.6 Å². The van der Waals surface area contributed by atoms with Gasteiger partial charge in [-0.05, 0) is 70.6 Å². The van der Waals surface area contributed by atoms with Crippen molar-refractivity contribution in [3.8, 4) is 11.5 Å². The fourth-order valence-corrected chi connectivity index (χ4v) is 3.28. The lowest BCUT2D eigenvalue weighted by Gasteiger charge is -2.15. The van der Waals surface area contributed by atoms with E-state index in [0.717, 1.165) is 42.7 Å². The molecule has 0 radical (unpaired) electrons. The number of hydrogen-bond donors (Lipinski definition) is 0. The van der Waals surface area contributed by atoms with Crippen molar-refractivity contribution in [1.29, 1.82) is 0 Å². The minimum Gasteiger partial charge on any atom is -0.496 e. The molecule has 0 amide bonds. The van der Waals surface area contributed by atoms with Gasteiger partial charge in [0.1, 0.15) is 11.5 Å². The van der Waals surface area contributed by atoms with E-state index in [1.807, 2.05) is 0 Å². The monoisotopic (exact) mass is 372 g/mol. The van der Waals surface area contributed by atoms with E-state index < -0.39 is 0 Å². The summed E-state index contributed by atoms with van der Waals surface area (Å²) in [7, 11) is 3.52. The molecule has 1 aromatic carbocycles. The molecule has 0 atom stereocenters. The summed E-state index contributed by atoms with van der Waals surface area (Å²) in [6, 6.07) is 4.40. The Labute approximate surface area is 167 Å². The molecule has 2 heteroatoms. The van der Waals surface area contributed by atoms with Crippen molar-refractivity contribution < 1.29 is 9.47 Å². The van der Waals surface area contributed by atoms with Gasteiger partial charge < -0.3 is 9.47 Å². The van der Waals surface area contributed by atoms with Crippen molar-refractivity contribution >= 4 is 0 Å². The van der Waals surface area contributed by atoms with Gasteiger partial charge >= 0.3 is 0 Å². The molecule has 0 bridgehead atoms. The molecule has 152 valence electrons. The molecule has 0 fully saturated rings. The summed E-state index contributed by atoms with van der Waals surface area (Å²) in [4.78, 5) is 0. The van der Waals surface area contributed by atoms with E-state index in [4.69, 9.17) is 9.47 Å². The number of methoxy groups -OCH3 is 2. The summed E-state index contributed by atoms with van der Waals surface area (Å²) in [5.41, 5.74) is 5.26. The Hall–Kier alpha value is -1.70. The molecule has 0 aromatic heterocycles. The van der Waals surface area contributed by atoms with Gasteiger partial charge in [0.05, 0.1) is 14.2 Å². The van der Waals surface area contributed by atoms with Gasteiger partial charge in [0, 0.05) is 5.56 Å². The quantitative estimate of drug-likeness (QED) is 0.264. The zero-order valence-electron chi connectivity index (χ0n) is 18.5. The molecule has 1 aromatic rings. The highest BCUT2D eigenvalue weighted by Crippen LogP contribution is 2.32. The van der Waals surface area contributed by atoms with Crippen LogP contribution < -0.4 is 9.47 Å². The Balaban J connectivity index is 2.79. The van der Waals surface area contributed by atoms with Crippen LogP contribution in [0.1, 0.15) is 83.8 Å². The molecule has 0 saturated carbocycles. The first-order valence-electron chi connectivity index (χ1n) is 10.5. The Morgan fingerprint density at radius 2 is 1.52 bits per heavy atom. The van der Waals surface area contributed by atoms with Crippen LogP contribution in [-0.2, 0) is 12.8 Å². The highest BCUT2D eigenvalue weighted by molar-refractivity contribution is 5.49. The number of rotatable bonds is 13. The molecule has 27 heavy (non-hydrogen) atoms. The third-order valence-corrected chi connectivity index (χ3v) is 4.98. The van der Waals surface area contributed by atoms with Gasteiger partial charge in [0.15, 0.2) is 0 Å². The first-order chi connectivity index (χ1) is 13.0. The molecule has 1 rings (SSSR count). The standard InChI is InChI=1S/C25H40O2/c1-7-8-9-10-11-15-22-18-24(26-5)23(25(19-22)27-6)17-16-21(4)14-12-13-20(2)3/h13,16,18-19H,7-12,14-15,17H2,1-6H3/b21-16+. The fraction of sp³-hybridized carbons (Fsp3) is 0.600. The molecular formula is C25H40O2. The van der Waals surface area contributed by atoms with Crippen molar-refractivity contribution in [1.82, 2.24) is 0 Å². The Morgan fingerprint density at radius 3 is 2.07 bits per heavy atom. The van der Waals surface area contributed by atoms with E-state index in [-0.39, 0.29) is 0 Å². The maximum atomic E-state index is 5.70. The number of allylic oxidation sites excluding steroid dienone is 4. The second-order valence-corrected chi connectivity index (χ2v) is 7.72. The highest BCUT2D eigenvalue weighted by Gasteiger charge is 2.12. The first-order valence-corrected chi connectivity index (χ1v) is 10.5. The largest absolute Gasteiger partial charge is 0.496 e. The van der Waals surface area contributed by atoms with E-state index in [1.165, 1.54) is 48.8 Å². The fourth-order valence-electron chi connectivity index (χ4n) is 3.28. The molecule has 0 saturated heterocycles. The Morgan fingerprint density at radius 1 is 0.889 bits per heavy atom. The van der Waals surface area contributed by atoms with Gasteiger partial charge in [-0.3, -0.25) is 0 Å². The predicted molar refractivity (Wildman–Crippen MR) is 118 cm³/mol. The van der Waals surface area contributed by atoms with Crippen LogP contribution in [0, 0.1) is 0 Å².